The molecule has 31 nitrogen and oxygen atoms in total. The van der Waals surface area contributed by atoms with Crippen LogP contribution in [0.25, 0.3) is 11.2 Å². The number of aliphatic hydroxyl groups excluding tert-OH is 4. The van der Waals surface area contributed by atoms with Crippen LogP contribution >= 0.6 is 47.0 Å². The van der Waals surface area contributed by atoms with E-state index in [4.69, 9.17) is 18.5 Å². The number of phosphoric ester groups is 2. The molecule has 3 amide bonds. The van der Waals surface area contributed by atoms with E-state index in [1.54, 1.807) is 11.8 Å². The lowest BCUT2D eigenvalue weighted by atomic mass is 10.0. The number of ether oxygens (including phenoxy) is 2. The Morgan fingerprint density at radius 3 is 2.40 bits per heavy atom. The maximum atomic E-state index is 13.2. The molecule has 0 spiro atoms. The van der Waals surface area contributed by atoms with Crippen LogP contribution in [-0.2, 0) is 52.7 Å². The Morgan fingerprint density at radius 2 is 1.66 bits per heavy atom. The summed E-state index contributed by atoms with van der Waals surface area (Å²) in [5.41, 5.74) is 0.0993. The zero-order valence-corrected chi connectivity index (χ0v) is 43.5. The first-order valence-corrected chi connectivity index (χ1v) is 29.8. The lowest BCUT2D eigenvalue weighted by Gasteiger charge is -2.25. The van der Waals surface area contributed by atoms with Gasteiger partial charge >= 0.3 is 35.1 Å². The lowest BCUT2D eigenvalue weighted by molar-refractivity contribution is -0.745. The van der Waals surface area contributed by atoms with Gasteiger partial charge in [-0.05, 0) is 31.9 Å². The number of nitrogens with zero attached hydrogens (tertiary/aromatic N) is 5. The van der Waals surface area contributed by atoms with Gasteiger partial charge in [-0.15, -0.1) is 0 Å². The molecule has 73 heavy (non-hydrogen) atoms. The van der Waals surface area contributed by atoms with Crippen molar-refractivity contribution in [3.05, 3.63) is 28.7 Å². The minimum Gasteiger partial charge on any atom is -0.387 e. The Labute approximate surface area is 424 Å². The molecule has 15 atom stereocenters. The Balaban J connectivity index is 0.751. The first-order chi connectivity index (χ1) is 34.6. The number of aromatic nitrogens is 6. The van der Waals surface area contributed by atoms with Gasteiger partial charge < -0.3 is 71.2 Å². The number of nitrogens with one attached hydrogen (secondary N) is 7. The van der Waals surface area contributed by atoms with Gasteiger partial charge in [0.25, 0.3) is 11.5 Å². The van der Waals surface area contributed by atoms with Gasteiger partial charge in [0.1, 0.15) is 42.4 Å². The number of aliphatic hydroxyl groups is 4. The van der Waals surface area contributed by atoms with Crippen LogP contribution in [0.4, 0.5) is 16.6 Å². The monoisotopic (exact) mass is 1130 g/mol. The van der Waals surface area contributed by atoms with Crippen LogP contribution in [0.1, 0.15) is 63.2 Å². The number of hydrogen-bond acceptors (Lipinski definition) is 23. The third-order valence-corrected chi connectivity index (χ3v) is 19.3. The second-order valence-corrected chi connectivity index (χ2v) is 24.9. The van der Waals surface area contributed by atoms with Gasteiger partial charge in [-0.2, -0.15) is 32.1 Å². The number of imidazole rings is 2. The number of H-pyrrole nitrogens is 1. The molecule has 36 heteroatoms. The van der Waals surface area contributed by atoms with Crippen molar-refractivity contribution in [1.29, 1.82) is 0 Å². The number of rotatable bonds is 25. The summed E-state index contributed by atoms with van der Waals surface area (Å²) in [5, 5.41) is 61.5. The Hall–Kier alpha value is -3.27. The minimum absolute atomic E-state index is 0.00821. The Bertz CT molecular complexity index is 2670. The van der Waals surface area contributed by atoms with Crippen LogP contribution in [0.3, 0.4) is 0 Å². The van der Waals surface area contributed by atoms with Gasteiger partial charge in [-0.25, -0.2) is 28.0 Å². The predicted octanol–water partition coefficient (Wildman–Crippen LogP) is -1.54. The summed E-state index contributed by atoms with van der Waals surface area (Å²) >= 11 is 3.49. The molecule has 3 aromatic heterocycles. The van der Waals surface area contributed by atoms with E-state index >= 15 is 0 Å². The van der Waals surface area contributed by atoms with Crippen molar-refractivity contribution >= 4 is 81.9 Å². The molecule has 4 fully saturated rings. The predicted molar refractivity (Wildman–Crippen MR) is 257 cm³/mol. The molecule has 14 N–H and O–H groups in total. The Kier molecular flexibility index (Phi) is 18.0. The fraction of sp³-hybridized carbons (Fsp3) is 0.730. The van der Waals surface area contributed by atoms with E-state index in [9.17, 15) is 63.2 Å². The average molecular weight is 1130 g/mol. The maximum Gasteiger partial charge on any atom is 0.490 e. The normalized spacial score (nSPS) is 31.2. The average Bonchev–Trinajstić information content (AvgIpc) is 4.17. The van der Waals surface area contributed by atoms with Crippen molar-refractivity contribution in [3.8, 4) is 0 Å². The number of urea groups is 1. The van der Waals surface area contributed by atoms with Gasteiger partial charge in [-0.1, -0.05) is 11.4 Å². The number of amides is 3. The fourth-order valence-corrected chi connectivity index (χ4v) is 14.8. The number of hydrogen-bond donors (Lipinski definition) is 14. The number of unbranched alkanes of at least 4 members (excludes halogenated alkanes) is 1. The maximum absolute atomic E-state index is 13.2. The summed E-state index contributed by atoms with van der Waals surface area (Å²) in [4.78, 5) is 79.1. The SMILES string of the molecule is CC1NCNc2c1ncn2[C@@H]1O[C@H](COP(=O)(O)OP(=O)(O)OP(=O)(O)OC[C@H]2O[C@@H]([n+]3cn(C)c4c(=O)[nH]c(NCCCSCCNC(=O)CCCC[C@@H]5SC[C@@H]6NC(=O)N[C@@H]65)nc43)[C@@H](O)C2O)C(O)[C@@H]1O. The molecule has 6 unspecified atom stereocenters. The van der Waals surface area contributed by atoms with Crippen molar-refractivity contribution in [2.45, 2.75) is 111 Å². The van der Waals surface area contributed by atoms with E-state index in [2.05, 4.69) is 55.5 Å². The van der Waals surface area contributed by atoms with Gasteiger partial charge in [0.15, 0.2) is 12.6 Å². The number of carbonyl (C=O) groups excluding carboxylic acids is 2. The molecule has 8 rings (SSSR count). The van der Waals surface area contributed by atoms with E-state index in [1.807, 2.05) is 18.7 Å². The summed E-state index contributed by atoms with van der Waals surface area (Å²) in [6.45, 7) is 1.05. The standard InChI is InChI=1S/C37H59N12O19P3S2/c1-18-24-31(41-15-40-18)48(16-42-24)34-29(53)27(51)20(65-34)12-63-69(57,58)67-71(61,62)68-70(59,60)64-13-21-28(52)30(54)35(66-21)49-17-47(2)26-32(49)45-36(46-33(26)55)39-8-5-10-72-11-9-38-23(50)7-4-3-6-22-25-19(14-73-22)43-37(56)44-25/h16-22,25,27-30,34-35,40-41,51-54H,3-15H2,1-2H3,(H7-,38,39,43,44,45,46,50,55,56,57,58,59,60,61,62)/p+1/t18?,19-,20+,21+,22-,25-,27?,28?,29-,30-,34+,35+/m0/s1. The van der Waals surface area contributed by atoms with E-state index in [0.717, 1.165) is 30.8 Å². The molecule has 5 aliphatic heterocycles. The van der Waals surface area contributed by atoms with E-state index in [0.29, 0.717) is 55.1 Å². The van der Waals surface area contributed by atoms with Crippen LogP contribution in [0.5, 0.6) is 0 Å². The van der Waals surface area contributed by atoms with E-state index < -0.39 is 91.3 Å². The molecule has 8 heterocycles. The third kappa shape index (κ3) is 13.5. The first kappa shape index (κ1) is 55.9. The summed E-state index contributed by atoms with van der Waals surface area (Å²) in [7, 11) is -15.8. The van der Waals surface area contributed by atoms with Gasteiger partial charge in [0.2, 0.25) is 17.7 Å². The molecule has 0 saturated carbocycles. The highest BCUT2D eigenvalue weighted by atomic mass is 32.2. The number of carbonyl (C=O) groups is 2. The largest absolute Gasteiger partial charge is 0.490 e. The number of thioether (sulfide) groups is 2. The summed E-state index contributed by atoms with van der Waals surface area (Å²) in [6.07, 6.45) is -6.25. The van der Waals surface area contributed by atoms with Gasteiger partial charge in [-0.3, -0.25) is 38.1 Å². The van der Waals surface area contributed by atoms with Crippen molar-refractivity contribution in [2.24, 2.45) is 7.05 Å². The van der Waals surface area contributed by atoms with Crippen molar-refractivity contribution in [2.75, 3.05) is 60.9 Å². The quantitative estimate of drug-likeness (QED) is 0.0198. The molecule has 408 valence electrons. The molecule has 5 aliphatic rings. The van der Waals surface area contributed by atoms with Crippen LogP contribution in [0.2, 0.25) is 0 Å². The summed E-state index contributed by atoms with van der Waals surface area (Å²) in [6, 6.07) is 0.0640. The fourth-order valence-electron chi connectivity index (χ4n) is 8.93. The van der Waals surface area contributed by atoms with Crippen LogP contribution in [0, 0.1) is 0 Å². The van der Waals surface area contributed by atoms with Crippen molar-refractivity contribution < 1.29 is 90.1 Å². The molecule has 0 aromatic carbocycles. The number of anilines is 2. The zero-order valence-electron chi connectivity index (χ0n) is 39.2. The molecular weight excluding hydrogens is 1070 g/mol. The van der Waals surface area contributed by atoms with E-state index in [1.165, 1.54) is 33.4 Å². The second-order valence-electron chi connectivity index (χ2n) is 17.7. The van der Waals surface area contributed by atoms with E-state index in [-0.39, 0.29) is 47.2 Å². The molecule has 4 saturated heterocycles. The lowest BCUT2D eigenvalue weighted by Crippen LogP contribution is -2.46. The van der Waals surface area contributed by atoms with Crippen molar-refractivity contribution in [3.63, 3.8) is 0 Å². The van der Waals surface area contributed by atoms with Gasteiger partial charge in [0, 0.05) is 36.3 Å². The molecule has 3 aromatic rings. The number of aryl methyl sites for hydroxylation is 1. The minimum atomic E-state index is -5.99. The smallest absolute Gasteiger partial charge is 0.387 e. The summed E-state index contributed by atoms with van der Waals surface area (Å²) < 4.78 is 71.3. The van der Waals surface area contributed by atoms with Crippen LogP contribution < -0.4 is 42.0 Å². The van der Waals surface area contributed by atoms with Crippen LogP contribution in [-0.4, -0.2) is 175 Å². The number of phosphoric acid groups is 3. The zero-order chi connectivity index (χ0) is 52.4. The molecular formula is C37H60N12O19P3S2+. The third-order valence-electron chi connectivity index (χ3n) is 12.5. The van der Waals surface area contributed by atoms with Crippen LogP contribution in [0.15, 0.2) is 17.4 Å². The highest BCUT2D eigenvalue weighted by Crippen LogP contribution is 2.68. The Morgan fingerprint density at radius 1 is 0.945 bits per heavy atom. The molecule has 0 aliphatic carbocycles. The second kappa shape index (κ2) is 23.5. The topological polar surface area (TPSA) is 427 Å². The first-order valence-electron chi connectivity index (χ1n) is 23.1. The van der Waals surface area contributed by atoms with Gasteiger partial charge in [0.05, 0.1) is 57.1 Å². The highest BCUT2D eigenvalue weighted by molar-refractivity contribution is 8.00. The number of fused-ring (bicyclic) bond motifs is 3. The highest BCUT2D eigenvalue weighted by Gasteiger charge is 2.51. The van der Waals surface area contributed by atoms with Crippen molar-refractivity contribution in [1.82, 2.24) is 45.4 Å². The number of aromatic amines is 1. The molecule has 0 bridgehead atoms. The summed E-state index contributed by atoms with van der Waals surface area (Å²) in [5.74, 6) is 2.87. The molecule has 0 radical (unpaired) electrons.